The smallest absolute Gasteiger partial charge is 0.226 e. The Balaban J connectivity index is 2.51. The molecule has 2 atom stereocenters. The van der Waals surface area contributed by atoms with Crippen LogP contribution in [0.5, 0.6) is 0 Å². The minimum atomic E-state index is -0.191. The fraction of sp³-hybridized carbons (Fsp3) is 0.812. The maximum atomic E-state index is 12.4. The van der Waals surface area contributed by atoms with Crippen molar-refractivity contribution in [3.63, 3.8) is 0 Å². The lowest BCUT2D eigenvalue weighted by Gasteiger charge is -2.31. The number of nitrogens with one attached hydrogen (secondary N) is 1. The van der Waals surface area contributed by atoms with Gasteiger partial charge in [-0.2, -0.15) is 0 Å². The summed E-state index contributed by atoms with van der Waals surface area (Å²) in [5.74, 6) is 0.835. The molecule has 0 fully saturated rings. The van der Waals surface area contributed by atoms with E-state index < -0.39 is 0 Å². The van der Waals surface area contributed by atoms with Gasteiger partial charge < -0.3 is 9.80 Å². The Labute approximate surface area is 118 Å². The molecular formula is C16H31N2O+. The van der Waals surface area contributed by atoms with Gasteiger partial charge in [0.15, 0.2) is 0 Å². The Morgan fingerprint density at radius 1 is 1.37 bits per heavy atom. The number of allylic oxidation sites excluding steroid dienone is 2. The number of likely N-dealkylation sites (N-methyl/N-ethyl adjacent to an activating group) is 1. The summed E-state index contributed by atoms with van der Waals surface area (Å²) in [5.41, 5.74) is -0.191. The highest BCUT2D eigenvalue weighted by atomic mass is 16.2. The second kappa shape index (κ2) is 6.56. The third kappa shape index (κ3) is 5.77. The largest absolute Gasteiger partial charge is 0.350 e. The summed E-state index contributed by atoms with van der Waals surface area (Å²) in [6.07, 6.45) is 8.61. The van der Waals surface area contributed by atoms with Crippen molar-refractivity contribution in [2.45, 2.75) is 39.5 Å². The van der Waals surface area contributed by atoms with Gasteiger partial charge in [0.2, 0.25) is 5.91 Å². The van der Waals surface area contributed by atoms with Crippen LogP contribution in [0.3, 0.4) is 0 Å². The first-order valence-electron chi connectivity index (χ1n) is 7.48. The first kappa shape index (κ1) is 16.2. The van der Waals surface area contributed by atoms with Crippen LogP contribution in [-0.2, 0) is 4.79 Å². The van der Waals surface area contributed by atoms with Crippen LogP contribution in [0.2, 0.25) is 0 Å². The fourth-order valence-corrected chi connectivity index (χ4v) is 2.44. The number of carbonyl (C=O) groups is 1. The monoisotopic (exact) mass is 267 g/mol. The molecule has 0 heterocycles. The summed E-state index contributed by atoms with van der Waals surface area (Å²) >= 11 is 0. The molecule has 0 saturated heterocycles. The van der Waals surface area contributed by atoms with Crippen LogP contribution in [0.25, 0.3) is 0 Å². The summed E-state index contributed by atoms with van der Waals surface area (Å²) < 4.78 is 0.886. The van der Waals surface area contributed by atoms with E-state index in [9.17, 15) is 4.79 Å². The number of hydrogen-bond acceptors (Lipinski definition) is 1. The second-order valence-corrected chi connectivity index (χ2v) is 7.31. The zero-order chi connectivity index (χ0) is 14.5. The van der Waals surface area contributed by atoms with Crippen molar-refractivity contribution in [1.29, 1.82) is 0 Å². The number of hydrogen-bond donors (Lipinski definition) is 1. The molecule has 0 bridgehead atoms. The number of amides is 1. The van der Waals surface area contributed by atoms with Gasteiger partial charge in [-0.05, 0) is 31.6 Å². The predicted octanol–water partition coefficient (Wildman–Crippen LogP) is 2.58. The van der Waals surface area contributed by atoms with E-state index in [-0.39, 0.29) is 11.3 Å². The molecule has 0 saturated carbocycles. The number of carbonyl (C=O) groups excluding carboxylic acids is 1. The molecule has 3 nitrogen and oxygen atoms in total. The highest BCUT2D eigenvalue weighted by molar-refractivity contribution is 5.82. The summed E-state index contributed by atoms with van der Waals surface area (Å²) in [7, 11) is 6.45. The van der Waals surface area contributed by atoms with Crippen LogP contribution in [0, 0.1) is 11.3 Å². The normalized spacial score (nSPS) is 30.3. The van der Waals surface area contributed by atoms with Gasteiger partial charge in [-0.3, -0.25) is 4.79 Å². The molecule has 1 rings (SSSR count). The van der Waals surface area contributed by atoms with Crippen LogP contribution in [0.15, 0.2) is 12.2 Å². The SMILES string of the molecule is CC1/C=C/CCC(C)(C(=O)NCC[N+](C)(C)C)CC1. The first-order valence-corrected chi connectivity index (χ1v) is 7.48. The molecule has 2 unspecified atom stereocenters. The Morgan fingerprint density at radius 3 is 2.68 bits per heavy atom. The molecule has 1 aliphatic rings. The molecule has 0 radical (unpaired) electrons. The van der Waals surface area contributed by atoms with Gasteiger partial charge in [0.05, 0.1) is 34.2 Å². The molecule has 110 valence electrons. The standard InChI is InChI=1S/C16H30N2O/c1-14-8-6-7-10-16(2,11-9-14)15(19)17-12-13-18(3,4)5/h6,8,14H,7,9-13H2,1-5H3/p+1/b8-6+. The molecule has 1 amide bonds. The van der Waals surface area contributed by atoms with E-state index >= 15 is 0 Å². The van der Waals surface area contributed by atoms with E-state index in [0.717, 1.165) is 43.3 Å². The van der Waals surface area contributed by atoms with Crippen molar-refractivity contribution >= 4 is 5.91 Å². The molecule has 19 heavy (non-hydrogen) atoms. The maximum Gasteiger partial charge on any atom is 0.226 e. The summed E-state index contributed by atoms with van der Waals surface area (Å²) in [5, 5.41) is 3.13. The van der Waals surface area contributed by atoms with Gasteiger partial charge in [0, 0.05) is 5.41 Å². The first-order chi connectivity index (χ1) is 8.73. The molecule has 0 aromatic carbocycles. The van der Waals surface area contributed by atoms with E-state index in [1.807, 2.05) is 0 Å². The summed E-state index contributed by atoms with van der Waals surface area (Å²) in [6, 6.07) is 0. The fourth-order valence-electron chi connectivity index (χ4n) is 2.44. The zero-order valence-electron chi connectivity index (χ0n) is 13.3. The molecule has 3 heteroatoms. The lowest BCUT2D eigenvalue weighted by molar-refractivity contribution is -0.869. The Morgan fingerprint density at radius 2 is 2.05 bits per heavy atom. The minimum Gasteiger partial charge on any atom is -0.350 e. The third-order valence-electron chi connectivity index (χ3n) is 4.10. The van der Waals surface area contributed by atoms with E-state index in [4.69, 9.17) is 0 Å². The van der Waals surface area contributed by atoms with Gasteiger partial charge >= 0.3 is 0 Å². The van der Waals surface area contributed by atoms with Crippen molar-refractivity contribution < 1.29 is 9.28 Å². The Bertz CT molecular complexity index is 330. The van der Waals surface area contributed by atoms with Gasteiger partial charge in [0.25, 0.3) is 0 Å². The molecule has 0 aromatic heterocycles. The zero-order valence-corrected chi connectivity index (χ0v) is 13.3. The topological polar surface area (TPSA) is 29.1 Å². The van der Waals surface area contributed by atoms with Crippen LogP contribution >= 0.6 is 0 Å². The quantitative estimate of drug-likeness (QED) is 0.615. The van der Waals surface area contributed by atoms with Crippen molar-refractivity contribution in [2.75, 3.05) is 34.2 Å². The van der Waals surface area contributed by atoms with Crippen molar-refractivity contribution in [3.05, 3.63) is 12.2 Å². The molecular weight excluding hydrogens is 236 g/mol. The third-order valence-corrected chi connectivity index (χ3v) is 4.10. The lowest BCUT2D eigenvalue weighted by Crippen LogP contribution is -2.46. The second-order valence-electron chi connectivity index (χ2n) is 7.31. The van der Waals surface area contributed by atoms with Crippen molar-refractivity contribution in [2.24, 2.45) is 11.3 Å². The van der Waals surface area contributed by atoms with E-state index in [1.54, 1.807) is 0 Å². The van der Waals surface area contributed by atoms with Gasteiger partial charge in [-0.25, -0.2) is 0 Å². The number of rotatable bonds is 4. The van der Waals surface area contributed by atoms with E-state index in [0.29, 0.717) is 5.92 Å². The van der Waals surface area contributed by atoms with Crippen LogP contribution in [0.1, 0.15) is 39.5 Å². The molecule has 0 aromatic rings. The predicted molar refractivity (Wildman–Crippen MR) is 80.8 cm³/mol. The number of quaternary nitrogens is 1. The molecule has 0 spiro atoms. The number of nitrogens with zero attached hydrogens (tertiary/aromatic N) is 1. The van der Waals surface area contributed by atoms with Gasteiger partial charge in [0.1, 0.15) is 0 Å². The molecule has 0 aliphatic heterocycles. The van der Waals surface area contributed by atoms with Crippen molar-refractivity contribution in [3.8, 4) is 0 Å². The van der Waals surface area contributed by atoms with Crippen molar-refractivity contribution in [1.82, 2.24) is 5.32 Å². The summed E-state index contributed by atoms with van der Waals surface area (Å²) in [6.45, 7) is 6.10. The highest BCUT2D eigenvalue weighted by Gasteiger charge is 2.33. The average Bonchev–Trinajstić information content (AvgIpc) is 2.28. The lowest BCUT2D eigenvalue weighted by atomic mass is 9.77. The molecule has 1 N–H and O–H groups in total. The van der Waals surface area contributed by atoms with Crippen LogP contribution < -0.4 is 5.32 Å². The Hall–Kier alpha value is -0.830. The molecule has 1 aliphatic carbocycles. The maximum absolute atomic E-state index is 12.4. The average molecular weight is 267 g/mol. The highest BCUT2D eigenvalue weighted by Crippen LogP contribution is 2.33. The van der Waals surface area contributed by atoms with E-state index in [2.05, 4.69) is 52.5 Å². The van der Waals surface area contributed by atoms with Crippen LogP contribution in [0.4, 0.5) is 0 Å². The van der Waals surface area contributed by atoms with Gasteiger partial charge in [-0.1, -0.05) is 26.0 Å². The van der Waals surface area contributed by atoms with E-state index in [1.165, 1.54) is 0 Å². The Kier molecular flexibility index (Phi) is 5.60. The minimum absolute atomic E-state index is 0.191. The summed E-state index contributed by atoms with van der Waals surface area (Å²) in [4.78, 5) is 12.4. The van der Waals surface area contributed by atoms with Crippen LogP contribution in [-0.4, -0.2) is 44.6 Å². The van der Waals surface area contributed by atoms with Gasteiger partial charge in [-0.15, -0.1) is 0 Å².